The van der Waals surface area contributed by atoms with E-state index in [1.165, 1.54) is 25.6 Å². The van der Waals surface area contributed by atoms with Crippen molar-refractivity contribution in [3.8, 4) is 5.88 Å². The van der Waals surface area contributed by atoms with Gasteiger partial charge >= 0.3 is 0 Å². The zero-order chi connectivity index (χ0) is 12.1. The Hall–Kier alpha value is -0.630. The van der Waals surface area contributed by atoms with E-state index in [9.17, 15) is 4.79 Å². The minimum atomic E-state index is -0.147. The molecule has 1 atom stereocenters. The summed E-state index contributed by atoms with van der Waals surface area (Å²) in [6.07, 6.45) is 6.11. The van der Waals surface area contributed by atoms with E-state index in [4.69, 9.17) is 4.74 Å². The highest BCUT2D eigenvalue weighted by molar-refractivity contribution is 14.1. The van der Waals surface area contributed by atoms with Gasteiger partial charge in [-0.3, -0.25) is 4.79 Å². The second kappa shape index (κ2) is 6.34. The Morgan fingerprint density at radius 3 is 3.18 bits per heavy atom. The van der Waals surface area contributed by atoms with Gasteiger partial charge in [0.2, 0.25) is 5.88 Å². The van der Waals surface area contributed by atoms with Crippen LogP contribution in [0.5, 0.6) is 5.88 Å². The zero-order valence-corrected chi connectivity index (χ0v) is 11.7. The quantitative estimate of drug-likeness (QED) is 0.804. The number of aromatic nitrogens is 2. The molecule has 0 bridgehead atoms. The molecule has 0 radical (unpaired) electrons. The zero-order valence-electron chi connectivity index (χ0n) is 9.54. The average molecular weight is 349 g/mol. The monoisotopic (exact) mass is 349 g/mol. The van der Waals surface area contributed by atoms with Crippen LogP contribution in [0.25, 0.3) is 0 Å². The number of ether oxygens (including phenoxy) is 1. The molecular formula is C11H16IN3O2. The van der Waals surface area contributed by atoms with Crippen LogP contribution in [0.15, 0.2) is 11.1 Å². The van der Waals surface area contributed by atoms with Gasteiger partial charge in [0, 0.05) is 6.04 Å². The topological polar surface area (TPSA) is 67.0 Å². The van der Waals surface area contributed by atoms with E-state index in [2.05, 4.69) is 15.3 Å². The molecule has 0 aromatic carbocycles. The van der Waals surface area contributed by atoms with Gasteiger partial charge in [0.1, 0.15) is 3.57 Å². The second-order valence-electron chi connectivity index (χ2n) is 4.13. The van der Waals surface area contributed by atoms with Gasteiger partial charge in [-0.05, 0) is 48.4 Å². The van der Waals surface area contributed by atoms with Crippen molar-refractivity contribution in [2.75, 3.05) is 13.2 Å². The van der Waals surface area contributed by atoms with Crippen molar-refractivity contribution in [1.82, 2.24) is 15.3 Å². The van der Waals surface area contributed by atoms with Gasteiger partial charge in [0.05, 0.1) is 12.9 Å². The molecule has 1 unspecified atom stereocenters. The molecule has 1 saturated heterocycles. The predicted molar refractivity (Wildman–Crippen MR) is 73.3 cm³/mol. The van der Waals surface area contributed by atoms with Crippen LogP contribution >= 0.6 is 22.6 Å². The lowest BCUT2D eigenvalue weighted by Crippen LogP contribution is -2.35. The molecule has 17 heavy (non-hydrogen) atoms. The number of aromatic amines is 1. The maximum Gasteiger partial charge on any atom is 0.268 e. The maximum absolute atomic E-state index is 11.3. The van der Waals surface area contributed by atoms with Crippen LogP contribution in [0.3, 0.4) is 0 Å². The van der Waals surface area contributed by atoms with Crippen molar-refractivity contribution >= 4 is 22.6 Å². The summed E-state index contributed by atoms with van der Waals surface area (Å²) < 4.78 is 6.06. The van der Waals surface area contributed by atoms with Gasteiger partial charge in [-0.2, -0.15) is 0 Å². The van der Waals surface area contributed by atoms with E-state index in [1.54, 1.807) is 0 Å². The third kappa shape index (κ3) is 3.67. The van der Waals surface area contributed by atoms with Crippen molar-refractivity contribution in [3.63, 3.8) is 0 Å². The van der Waals surface area contributed by atoms with Gasteiger partial charge in [0.25, 0.3) is 5.56 Å². The molecule has 1 aliphatic heterocycles. The van der Waals surface area contributed by atoms with Gasteiger partial charge in [-0.15, -0.1) is 0 Å². The van der Waals surface area contributed by atoms with Crippen molar-refractivity contribution in [2.45, 2.75) is 31.7 Å². The highest BCUT2D eigenvalue weighted by Gasteiger charge is 2.13. The number of hydrogen-bond donors (Lipinski definition) is 2. The van der Waals surface area contributed by atoms with Crippen LogP contribution in [0.1, 0.15) is 25.7 Å². The minimum Gasteiger partial charge on any atom is -0.477 e. The summed E-state index contributed by atoms with van der Waals surface area (Å²) in [4.78, 5) is 17.8. The van der Waals surface area contributed by atoms with Crippen LogP contribution in [-0.2, 0) is 0 Å². The Bertz CT molecular complexity index is 415. The Labute approximate surface area is 114 Å². The number of nitrogens with zero attached hydrogens (tertiary/aromatic N) is 1. The molecular weight excluding hydrogens is 333 g/mol. The summed E-state index contributed by atoms with van der Waals surface area (Å²) in [6.45, 7) is 1.70. The first-order valence-electron chi connectivity index (χ1n) is 5.87. The maximum atomic E-state index is 11.3. The lowest BCUT2D eigenvalue weighted by atomic mass is 10.0. The van der Waals surface area contributed by atoms with Gasteiger partial charge in [-0.25, -0.2) is 4.98 Å². The summed E-state index contributed by atoms with van der Waals surface area (Å²) >= 11 is 1.95. The van der Waals surface area contributed by atoms with E-state index in [-0.39, 0.29) is 5.56 Å². The lowest BCUT2D eigenvalue weighted by Gasteiger charge is -2.23. The number of hydrogen-bond acceptors (Lipinski definition) is 4. The van der Waals surface area contributed by atoms with Crippen molar-refractivity contribution in [2.24, 2.45) is 0 Å². The molecule has 2 rings (SSSR count). The van der Waals surface area contributed by atoms with Crippen molar-refractivity contribution < 1.29 is 4.74 Å². The number of H-pyrrole nitrogens is 1. The van der Waals surface area contributed by atoms with Crippen molar-refractivity contribution in [1.29, 1.82) is 0 Å². The number of nitrogens with one attached hydrogen (secondary N) is 2. The highest BCUT2D eigenvalue weighted by Crippen LogP contribution is 2.14. The van der Waals surface area contributed by atoms with Gasteiger partial charge in [0.15, 0.2) is 0 Å². The summed E-state index contributed by atoms with van der Waals surface area (Å²) in [5.41, 5.74) is -0.147. The van der Waals surface area contributed by atoms with Crippen molar-refractivity contribution in [3.05, 3.63) is 20.3 Å². The molecule has 2 heterocycles. The molecule has 2 N–H and O–H groups in total. The van der Waals surface area contributed by atoms with Crippen LogP contribution in [-0.4, -0.2) is 29.2 Å². The molecule has 1 fully saturated rings. The molecule has 0 aliphatic carbocycles. The normalized spacial score (nSPS) is 20.2. The summed E-state index contributed by atoms with van der Waals surface area (Å²) in [5, 5.41) is 3.46. The fourth-order valence-corrected chi connectivity index (χ4v) is 2.39. The summed E-state index contributed by atoms with van der Waals surface area (Å²) in [6, 6.07) is 0.545. The lowest BCUT2D eigenvalue weighted by molar-refractivity contribution is 0.258. The molecule has 1 aromatic rings. The van der Waals surface area contributed by atoms with E-state index >= 15 is 0 Å². The molecule has 0 saturated carbocycles. The number of piperidine rings is 1. The van der Waals surface area contributed by atoms with E-state index < -0.39 is 0 Å². The summed E-state index contributed by atoms with van der Waals surface area (Å²) in [5.74, 6) is 0.435. The predicted octanol–water partition coefficient (Wildman–Crippen LogP) is 1.29. The average Bonchev–Trinajstić information content (AvgIpc) is 2.36. The Morgan fingerprint density at radius 2 is 2.41 bits per heavy atom. The first-order valence-corrected chi connectivity index (χ1v) is 6.94. The molecule has 94 valence electrons. The Morgan fingerprint density at radius 1 is 1.53 bits per heavy atom. The Balaban J connectivity index is 1.81. The third-order valence-corrected chi connectivity index (χ3v) is 3.83. The van der Waals surface area contributed by atoms with Gasteiger partial charge < -0.3 is 15.0 Å². The molecule has 6 heteroatoms. The SMILES string of the molecule is O=c1[nH]cnc(OCCC2CCCCN2)c1I. The van der Waals surface area contributed by atoms with Crippen LogP contribution in [0.4, 0.5) is 0 Å². The molecule has 1 aliphatic rings. The fraction of sp³-hybridized carbons (Fsp3) is 0.636. The molecule has 0 spiro atoms. The van der Waals surface area contributed by atoms with Crippen LogP contribution in [0.2, 0.25) is 0 Å². The van der Waals surface area contributed by atoms with Gasteiger partial charge in [-0.1, -0.05) is 6.42 Å². The largest absolute Gasteiger partial charge is 0.477 e. The summed E-state index contributed by atoms with van der Waals surface area (Å²) in [7, 11) is 0. The number of rotatable bonds is 4. The van der Waals surface area contributed by atoms with Crippen LogP contribution < -0.4 is 15.6 Å². The molecule has 1 aromatic heterocycles. The first-order chi connectivity index (χ1) is 8.27. The number of halogens is 1. The molecule has 0 amide bonds. The fourth-order valence-electron chi connectivity index (χ4n) is 1.94. The Kier molecular flexibility index (Phi) is 4.78. The van der Waals surface area contributed by atoms with Crippen LogP contribution in [0, 0.1) is 3.57 Å². The first kappa shape index (κ1) is 12.8. The highest BCUT2D eigenvalue weighted by atomic mass is 127. The molecule has 5 nitrogen and oxygen atoms in total. The second-order valence-corrected chi connectivity index (χ2v) is 5.21. The minimum absolute atomic E-state index is 0.147. The standard InChI is InChI=1S/C11H16IN3O2/c12-9-10(16)14-7-15-11(9)17-6-4-8-3-1-2-5-13-8/h7-8,13H,1-6H2,(H,14,15,16). The smallest absolute Gasteiger partial charge is 0.268 e. The van der Waals surface area contributed by atoms with E-state index in [1.807, 2.05) is 22.6 Å². The van der Waals surface area contributed by atoms with E-state index in [0.29, 0.717) is 22.1 Å². The third-order valence-electron chi connectivity index (χ3n) is 2.88. The van der Waals surface area contributed by atoms with E-state index in [0.717, 1.165) is 13.0 Å².